The first-order valence-corrected chi connectivity index (χ1v) is 6.72. The summed E-state index contributed by atoms with van der Waals surface area (Å²) < 4.78 is 27.1. The molecule has 1 fully saturated rings. The summed E-state index contributed by atoms with van der Waals surface area (Å²) in [4.78, 5) is 11.0. The van der Waals surface area contributed by atoms with Gasteiger partial charge in [0.15, 0.2) is 0 Å². The maximum atomic E-state index is 11.3. The lowest BCUT2D eigenvalue weighted by Crippen LogP contribution is -2.23. The fourth-order valence-electron chi connectivity index (χ4n) is 1.70. The number of carbonyl (C=O) groups excluding carboxylic acids is 1. The third kappa shape index (κ3) is 3.79. The van der Waals surface area contributed by atoms with Crippen molar-refractivity contribution in [3.63, 3.8) is 0 Å². The van der Waals surface area contributed by atoms with Crippen LogP contribution in [0, 0.1) is 5.92 Å². The Morgan fingerprint density at radius 3 is 2.60 bits per heavy atom. The van der Waals surface area contributed by atoms with Gasteiger partial charge in [-0.2, -0.15) is 0 Å². The highest BCUT2D eigenvalue weighted by Crippen LogP contribution is 2.22. The standard InChI is InChI=1S/C9H16O5S/c1-14-9(11)6-7-2-4-15(12,13)5-3-8(7)10/h7-8,10H,2-6H2,1H3/t7-,8+/m1/s1. The van der Waals surface area contributed by atoms with Gasteiger partial charge < -0.3 is 9.84 Å². The van der Waals surface area contributed by atoms with Crippen LogP contribution in [0.2, 0.25) is 0 Å². The van der Waals surface area contributed by atoms with E-state index in [-0.39, 0.29) is 30.3 Å². The van der Waals surface area contributed by atoms with Crippen LogP contribution >= 0.6 is 0 Å². The number of aliphatic hydroxyl groups is 1. The second-order valence-electron chi connectivity index (χ2n) is 3.84. The minimum absolute atomic E-state index is 0.00579. The third-order valence-corrected chi connectivity index (χ3v) is 4.44. The highest BCUT2D eigenvalue weighted by atomic mass is 32.2. The molecular formula is C9H16O5S. The Kier molecular flexibility index (Phi) is 4.10. The minimum Gasteiger partial charge on any atom is -0.469 e. The second-order valence-corrected chi connectivity index (χ2v) is 6.14. The van der Waals surface area contributed by atoms with Gasteiger partial charge in [-0.1, -0.05) is 0 Å². The van der Waals surface area contributed by atoms with E-state index in [4.69, 9.17) is 0 Å². The summed E-state index contributed by atoms with van der Waals surface area (Å²) in [5, 5.41) is 9.65. The highest BCUT2D eigenvalue weighted by molar-refractivity contribution is 7.91. The molecule has 1 saturated heterocycles. The molecule has 0 unspecified atom stereocenters. The first-order chi connectivity index (χ1) is 6.94. The van der Waals surface area contributed by atoms with Crippen molar-refractivity contribution in [3.8, 4) is 0 Å². The lowest BCUT2D eigenvalue weighted by Gasteiger charge is -2.17. The van der Waals surface area contributed by atoms with Crippen LogP contribution in [-0.4, -0.2) is 44.2 Å². The van der Waals surface area contributed by atoms with Crippen LogP contribution in [0.15, 0.2) is 0 Å². The van der Waals surface area contributed by atoms with E-state index in [0.29, 0.717) is 6.42 Å². The first kappa shape index (κ1) is 12.4. The van der Waals surface area contributed by atoms with Crippen LogP contribution < -0.4 is 0 Å². The largest absolute Gasteiger partial charge is 0.469 e. The SMILES string of the molecule is COC(=O)C[C@H]1CCS(=O)(=O)CC[C@@H]1O. The Bertz CT molecular complexity index is 321. The molecule has 0 aromatic rings. The normalized spacial score (nSPS) is 30.5. The number of rotatable bonds is 2. The van der Waals surface area contributed by atoms with Crippen molar-refractivity contribution in [3.05, 3.63) is 0 Å². The van der Waals surface area contributed by atoms with Gasteiger partial charge in [0.2, 0.25) is 0 Å². The molecule has 15 heavy (non-hydrogen) atoms. The zero-order chi connectivity index (χ0) is 11.5. The molecule has 0 radical (unpaired) electrons. The molecule has 0 aromatic heterocycles. The Balaban J connectivity index is 2.61. The second kappa shape index (κ2) is 4.94. The van der Waals surface area contributed by atoms with Gasteiger partial charge >= 0.3 is 5.97 Å². The van der Waals surface area contributed by atoms with Crippen LogP contribution in [0.1, 0.15) is 19.3 Å². The van der Waals surface area contributed by atoms with Crippen molar-refractivity contribution in [2.45, 2.75) is 25.4 Å². The number of aliphatic hydroxyl groups excluding tert-OH is 1. The summed E-state index contributed by atoms with van der Waals surface area (Å²) in [5.74, 6) is -0.648. The van der Waals surface area contributed by atoms with Crippen LogP contribution in [0.5, 0.6) is 0 Å². The summed E-state index contributed by atoms with van der Waals surface area (Å²) in [6, 6.07) is 0. The lowest BCUT2D eigenvalue weighted by molar-refractivity contribution is -0.142. The lowest BCUT2D eigenvalue weighted by atomic mass is 9.94. The quantitative estimate of drug-likeness (QED) is 0.668. The van der Waals surface area contributed by atoms with Gasteiger partial charge in [0, 0.05) is 0 Å². The number of ether oxygens (including phenoxy) is 1. The number of sulfone groups is 1. The van der Waals surface area contributed by atoms with Gasteiger partial charge in [-0.25, -0.2) is 8.42 Å². The topological polar surface area (TPSA) is 80.7 Å². The van der Waals surface area contributed by atoms with E-state index in [1.807, 2.05) is 0 Å². The molecule has 0 aliphatic carbocycles. The molecule has 1 heterocycles. The van der Waals surface area contributed by atoms with E-state index >= 15 is 0 Å². The Labute approximate surface area is 89.3 Å². The smallest absolute Gasteiger partial charge is 0.305 e. The average molecular weight is 236 g/mol. The van der Waals surface area contributed by atoms with Gasteiger partial charge in [-0.3, -0.25) is 4.79 Å². The zero-order valence-electron chi connectivity index (χ0n) is 8.68. The fourth-order valence-corrected chi connectivity index (χ4v) is 3.16. The fraction of sp³-hybridized carbons (Fsp3) is 0.889. The van der Waals surface area contributed by atoms with Crippen molar-refractivity contribution in [1.29, 1.82) is 0 Å². The molecule has 1 aliphatic rings. The Hall–Kier alpha value is -0.620. The number of hydrogen-bond donors (Lipinski definition) is 1. The predicted octanol–water partition coefficient (Wildman–Crippen LogP) is -0.265. The van der Waals surface area contributed by atoms with Crippen molar-refractivity contribution >= 4 is 15.8 Å². The number of methoxy groups -OCH3 is 1. The summed E-state index contributed by atoms with van der Waals surface area (Å²) >= 11 is 0. The van der Waals surface area contributed by atoms with Crippen LogP contribution in [-0.2, 0) is 19.4 Å². The summed E-state index contributed by atoms with van der Waals surface area (Å²) in [6.07, 6.45) is -0.0862. The van der Waals surface area contributed by atoms with E-state index in [9.17, 15) is 18.3 Å². The zero-order valence-corrected chi connectivity index (χ0v) is 9.50. The summed E-state index contributed by atoms with van der Waals surface area (Å²) in [6.45, 7) is 0. The maximum absolute atomic E-state index is 11.3. The molecule has 6 heteroatoms. The summed E-state index contributed by atoms with van der Waals surface area (Å²) in [5.41, 5.74) is 0. The van der Waals surface area contributed by atoms with E-state index in [2.05, 4.69) is 4.74 Å². The van der Waals surface area contributed by atoms with E-state index in [1.165, 1.54) is 7.11 Å². The molecule has 0 saturated carbocycles. The van der Waals surface area contributed by atoms with Crippen molar-refractivity contribution < 1.29 is 23.1 Å². The highest BCUT2D eigenvalue weighted by Gasteiger charge is 2.29. The molecule has 0 amide bonds. The monoisotopic (exact) mass is 236 g/mol. The van der Waals surface area contributed by atoms with Gasteiger partial charge in [0.1, 0.15) is 9.84 Å². The van der Waals surface area contributed by atoms with Gasteiger partial charge in [0.05, 0.1) is 31.1 Å². The average Bonchev–Trinajstić information content (AvgIpc) is 2.31. The molecule has 5 nitrogen and oxygen atoms in total. The molecule has 2 atom stereocenters. The van der Waals surface area contributed by atoms with E-state index < -0.39 is 21.9 Å². The first-order valence-electron chi connectivity index (χ1n) is 4.90. The van der Waals surface area contributed by atoms with Crippen LogP contribution in [0.25, 0.3) is 0 Å². The molecule has 0 spiro atoms. The molecule has 0 bridgehead atoms. The molecule has 0 aromatic carbocycles. The van der Waals surface area contributed by atoms with Crippen molar-refractivity contribution in [2.24, 2.45) is 5.92 Å². The number of hydrogen-bond acceptors (Lipinski definition) is 5. The summed E-state index contributed by atoms with van der Waals surface area (Å²) in [7, 11) is -1.76. The van der Waals surface area contributed by atoms with Gasteiger partial charge in [-0.05, 0) is 18.8 Å². The predicted molar refractivity (Wildman–Crippen MR) is 54.0 cm³/mol. The number of esters is 1. The number of carbonyl (C=O) groups is 1. The third-order valence-electron chi connectivity index (χ3n) is 2.72. The molecule has 1 rings (SSSR count). The van der Waals surface area contributed by atoms with E-state index in [0.717, 1.165) is 0 Å². The minimum atomic E-state index is -3.04. The van der Waals surface area contributed by atoms with Gasteiger partial charge in [-0.15, -0.1) is 0 Å². The van der Waals surface area contributed by atoms with Crippen LogP contribution in [0.4, 0.5) is 0 Å². The van der Waals surface area contributed by atoms with Gasteiger partial charge in [0.25, 0.3) is 0 Å². The van der Waals surface area contributed by atoms with E-state index in [1.54, 1.807) is 0 Å². The molecular weight excluding hydrogens is 220 g/mol. The maximum Gasteiger partial charge on any atom is 0.305 e. The Morgan fingerprint density at radius 2 is 2.00 bits per heavy atom. The Morgan fingerprint density at radius 1 is 1.40 bits per heavy atom. The molecule has 1 aliphatic heterocycles. The molecule has 88 valence electrons. The van der Waals surface area contributed by atoms with Crippen molar-refractivity contribution in [2.75, 3.05) is 18.6 Å². The van der Waals surface area contributed by atoms with Crippen molar-refractivity contribution in [1.82, 2.24) is 0 Å². The molecule has 1 N–H and O–H groups in total. The van der Waals surface area contributed by atoms with Crippen LogP contribution in [0.3, 0.4) is 0 Å².